The second-order valence-electron chi connectivity index (χ2n) is 5.43. The molecule has 2 aromatic heterocycles. The predicted octanol–water partition coefficient (Wildman–Crippen LogP) is 2.69. The van der Waals surface area contributed by atoms with Gasteiger partial charge in [0.2, 0.25) is 0 Å². The molecule has 0 unspecified atom stereocenters. The fourth-order valence-corrected chi connectivity index (χ4v) is 3.24. The summed E-state index contributed by atoms with van der Waals surface area (Å²) in [5, 5.41) is 4.22. The topological polar surface area (TPSA) is 76.9 Å². The molecule has 0 aromatic carbocycles. The largest absolute Gasteiger partial charge is 0.264 e. The third-order valence-electron chi connectivity index (χ3n) is 3.08. The van der Waals surface area contributed by atoms with Crippen molar-refractivity contribution in [3.05, 3.63) is 36.8 Å². The van der Waals surface area contributed by atoms with Crippen LogP contribution in [0.5, 0.6) is 0 Å². The first kappa shape index (κ1) is 15.5. The molecule has 0 aliphatic carbocycles. The van der Waals surface area contributed by atoms with Crippen molar-refractivity contribution < 1.29 is 8.42 Å². The van der Waals surface area contributed by atoms with E-state index in [4.69, 9.17) is 0 Å². The lowest BCUT2D eigenvalue weighted by atomic mass is 10.1. The molecule has 0 saturated heterocycles. The highest BCUT2D eigenvalue weighted by atomic mass is 32.2. The maximum absolute atomic E-state index is 12.3. The summed E-state index contributed by atoms with van der Waals surface area (Å²) in [5.74, 6) is 0.971. The van der Waals surface area contributed by atoms with Crippen molar-refractivity contribution in [2.45, 2.75) is 38.1 Å². The molecule has 114 valence electrons. The number of hydrogen-bond acceptors (Lipinski definition) is 4. The average molecular weight is 308 g/mol. The molecule has 1 N–H and O–H groups in total. The predicted molar refractivity (Wildman–Crippen MR) is 81.4 cm³/mol. The van der Waals surface area contributed by atoms with Crippen LogP contribution in [-0.2, 0) is 10.0 Å². The first-order valence-electron chi connectivity index (χ1n) is 6.86. The van der Waals surface area contributed by atoms with E-state index in [1.165, 1.54) is 18.5 Å². The highest BCUT2D eigenvalue weighted by Gasteiger charge is 2.18. The first-order valence-corrected chi connectivity index (χ1v) is 8.35. The molecule has 21 heavy (non-hydrogen) atoms. The minimum Gasteiger partial charge on any atom is -0.264 e. The summed E-state index contributed by atoms with van der Waals surface area (Å²) in [6.07, 6.45) is 5.37. The summed E-state index contributed by atoms with van der Waals surface area (Å²) in [6.45, 7) is 6.27. The summed E-state index contributed by atoms with van der Waals surface area (Å²) >= 11 is 0. The Morgan fingerprint density at radius 1 is 1.24 bits per heavy atom. The van der Waals surface area contributed by atoms with Crippen molar-refractivity contribution in [3.63, 3.8) is 0 Å². The lowest BCUT2D eigenvalue weighted by Gasteiger charge is -2.18. The molecule has 6 nitrogen and oxygen atoms in total. The number of nitrogens with one attached hydrogen (secondary N) is 1. The number of hydrogen-bond donors (Lipinski definition) is 1. The van der Waals surface area contributed by atoms with Gasteiger partial charge in [0.15, 0.2) is 0 Å². The van der Waals surface area contributed by atoms with Crippen molar-refractivity contribution in [3.8, 4) is 0 Å². The Bertz CT molecular complexity index is 680. The average Bonchev–Trinajstić information content (AvgIpc) is 2.86. The van der Waals surface area contributed by atoms with E-state index in [1.54, 1.807) is 23.0 Å². The van der Waals surface area contributed by atoms with Gasteiger partial charge >= 0.3 is 0 Å². The molecule has 2 rings (SSSR count). The van der Waals surface area contributed by atoms with Gasteiger partial charge in [0.05, 0.1) is 12.2 Å². The second kappa shape index (κ2) is 6.26. The smallest absolute Gasteiger partial charge is 0.264 e. The molecule has 0 radical (unpaired) electrons. The number of pyridine rings is 1. The van der Waals surface area contributed by atoms with Gasteiger partial charge in [-0.3, -0.25) is 9.71 Å². The maximum Gasteiger partial charge on any atom is 0.264 e. The molecular weight excluding hydrogens is 288 g/mol. The molecule has 2 heterocycles. The van der Waals surface area contributed by atoms with Crippen molar-refractivity contribution in [2.75, 3.05) is 4.72 Å². The van der Waals surface area contributed by atoms with E-state index in [9.17, 15) is 8.42 Å². The first-order chi connectivity index (χ1) is 9.90. The number of anilines is 1. The summed E-state index contributed by atoms with van der Waals surface area (Å²) in [5.41, 5.74) is 0. The van der Waals surface area contributed by atoms with Gasteiger partial charge in [0.25, 0.3) is 10.0 Å². The molecule has 0 saturated carbocycles. The van der Waals surface area contributed by atoms with Gasteiger partial charge in [0.1, 0.15) is 10.7 Å². The summed E-state index contributed by atoms with van der Waals surface area (Å²) < 4.78 is 28.9. The zero-order valence-corrected chi connectivity index (χ0v) is 13.2. The fraction of sp³-hybridized carbons (Fsp3) is 0.429. The zero-order chi connectivity index (χ0) is 15.5. The standard InChI is InChI=1S/C14H20N4O2S/c1-11(2)9-12(3)18-14(6-8-16-18)17-21(19,20)13-5-4-7-15-10-13/h4-8,10-12,17H,9H2,1-3H3/t12-/m0/s1. The second-order valence-corrected chi connectivity index (χ2v) is 7.12. The van der Waals surface area contributed by atoms with Crippen molar-refractivity contribution in [2.24, 2.45) is 5.92 Å². The van der Waals surface area contributed by atoms with Crippen molar-refractivity contribution in [1.29, 1.82) is 0 Å². The number of nitrogens with zero attached hydrogens (tertiary/aromatic N) is 3. The van der Waals surface area contributed by atoms with E-state index in [2.05, 4.69) is 28.7 Å². The van der Waals surface area contributed by atoms with E-state index < -0.39 is 10.0 Å². The van der Waals surface area contributed by atoms with E-state index in [-0.39, 0.29) is 10.9 Å². The molecule has 0 aliphatic heterocycles. The highest BCUT2D eigenvalue weighted by molar-refractivity contribution is 7.92. The van der Waals surface area contributed by atoms with Crippen LogP contribution in [-0.4, -0.2) is 23.2 Å². The third-order valence-corrected chi connectivity index (χ3v) is 4.42. The normalized spacial score (nSPS) is 13.3. The van der Waals surface area contributed by atoms with Crippen molar-refractivity contribution >= 4 is 15.8 Å². The molecule has 0 fully saturated rings. The number of sulfonamides is 1. The monoisotopic (exact) mass is 308 g/mol. The van der Waals surface area contributed by atoms with Crippen LogP contribution in [0.4, 0.5) is 5.82 Å². The van der Waals surface area contributed by atoms with Crippen LogP contribution in [0.15, 0.2) is 41.7 Å². The Labute approximate surface area is 125 Å². The van der Waals surface area contributed by atoms with E-state index in [0.717, 1.165) is 6.42 Å². The lowest BCUT2D eigenvalue weighted by Crippen LogP contribution is -2.19. The Kier molecular flexibility index (Phi) is 4.62. The van der Waals surface area contributed by atoms with Crippen LogP contribution in [0, 0.1) is 5.92 Å². The molecule has 2 aromatic rings. The fourth-order valence-electron chi connectivity index (χ4n) is 2.23. The van der Waals surface area contributed by atoms with E-state index in [1.807, 2.05) is 6.92 Å². The van der Waals surface area contributed by atoms with Crippen LogP contribution < -0.4 is 4.72 Å². The highest BCUT2D eigenvalue weighted by Crippen LogP contribution is 2.22. The van der Waals surface area contributed by atoms with Crippen molar-refractivity contribution in [1.82, 2.24) is 14.8 Å². The van der Waals surface area contributed by atoms with Crippen LogP contribution in [0.3, 0.4) is 0 Å². The van der Waals surface area contributed by atoms with Crippen LogP contribution in [0.25, 0.3) is 0 Å². The van der Waals surface area contributed by atoms with Gasteiger partial charge in [-0.05, 0) is 31.4 Å². The molecular formula is C14H20N4O2S. The Morgan fingerprint density at radius 3 is 2.62 bits per heavy atom. The van der Waals surface area contributed by atoms with Crippen LogP contribution >= 0.6 is 0 Å². The SMILES string of the molecule is CC(C)C[C@H](C)n1nccc1NS(=O)(=O)c1cccnc1. The quantitative estimate of drug-likeness (QED) is 0.890. The minimum atomic E-state index is -3.64. The molecule has 0 aliphatic rings. The van der Waals surface area contributed by atoms with Crippen LogP contribution in [0.1, 0.15) is 33.2 Å². The van der Waals surface area contributed by atoms with E-state index in [0.29, 0.717) is 11.7 Å². The Hall–Kier alpha value is -1.89. The number of aromatic nitrogens is 3. The zero-order valence-electron chi connectivity index (χ0n) is 12.4. The summed E-state index contributed by atoms with van der Waals surface area (Å²) in [6, 6.07) is 4.87. The molecule has 0 amide bonds. The van der Waals surface area contributed by atoms with Gasteiger partial charge in [-0.25, -0.2) is 13.1 Å². The Balaban J connectivity index is 2.23. The summed E-state index contributed by atoms with van der Waals surface area (Å²) in [7, 11) is -3.64. The molecule has 1 atom stereocenters. The maximum atomic E-state index is 12.3. The molecule has 0 spiro atoms. The van der Waals surface area contributed by atoms with E-state index >= 15 is 0 Å². The molecule has 7 heteroatoms. The van der Waals surface area contributed by atoms with Gasteiger partial charge < -0.3 is 0 Å². The molecule has 0 bridgehead atoms. The van der Waals surface area contributed by atoms with Gasteiger partial charge in [-0.1, -0.05) is 13.8 Å². The van der Waals surface area contributed by atoms with Gasteiger partial charge in [0, 0.05) is 18.5 Å². The summed E-state index contributed by atoms with van der Waals surface area (Å²) in [4.78, 5) is 3.97. The van der Waals surface area contributed by atoms with Gasteiger partial charge in [-0.15, -0.1) is 0 Å². The third kappa shape index (κ3) is 3.81. The number of rotatable bonds is 6. The van der Waals surface area contributed by atoms with Crippen LogP contribution in [0.2, 0.25) is 0 Å². The van der Waals surface area contributed by atoms with Gasteiger partial charge in [-0.2, -0.15) is 5.10 Å². The minimum absolute atomic E-state index is 0.117. The Morgan fingerprint density at radius 2 is 2.00 bits per heavy atom. The lowest BCUT2D eigenvalue weighted by molar-refractivity contribution is 0.402.